The summed E-state index contributed by atoms with van der Waals surface area (Å²) >= 11 is 0. The molecule has 4 rings (SSSR count). The van der Waals surface area contributed by atoms with Gasteiger partial charge in [-0.15, -0.1) is 0 Å². The van der Waals surface area contributed by atoms with Gasteiger partial charge in [-0.25, -0.2) is 15.0 Å². The SMILES string of the molecule is O=C(NC1CCCN(c2cc(C3CCC3)ncn2)C1)c1cnccn1. The summed E-state index contributed by atoms with van der Waals surface area (Å²) in [7, 11) is 0. The van der Waals surface area contributed by atoms with Gasteiger partial charge in [-0.1, -0.05) is 6.42 Å². The Morgan fingerprint density at radius 1 is 1.12 bits per heavy atom. The Balaban J connectivity index is 1.41. The smallest absolute Gasteiger partial charge is 0.271 e. The zero-order valence-electron chi connectivity index (χ0n) is 14.1. The predicted molar refractivity (Wildman–Crippen MR) is 93.4 cm³/mol. The third-order valence-electron chi connectivity index (χ3n) is 5.07. The predicted octanol–water partition coefficient (Wildman–Crippen LogP) is 1.93. The second kappa shape index (κ2) is 7.13. The molecule has 1 saturated heterocycles. The van der Waals surface area contributed by atoms with Gasteiger partial charge in [0.2, 0.25) is 0 Å². The van der Waals surface area contributed by atoms with Gasteiger partial charge in [0.05, 0.1) is 6.20 Å². The summed E-state index contributed by atoms with van der Waals surface area (Å²) in [6, 6.07) is 2.21. The third-order valence-corrected chi connectivity index (χ3v) is 5.07. The van der Waals surface area contributed by atoms with Crippen molar-refractivity contribution in [2.75, 3.05) is 18.0 Å². The largest absolute Gasteiger partial charge is 0.354 e. The van der Waals surface area contributed by atoms with Crippen LogP contribution in [0.3, 0.4) is 0 Å². The number of hydrogen-bond acceptors (Lipinski definition) is 6. The summed E-state index contributed by atoms with van der Waals surface area (Å²) in [5, 5.41) is 3.07. The van der Waals surface area contributed by atoms with Crippen molar-refractivity contribution in [2.24, 2.45) is 0 Å². The molecule has 2 aromatic heterocycles. The molecular weight excluding hydrogens is 316 g/mol. The first-order valence-electron chi connectivity index (χ1n) is 8.93. The lowest BCUT2D eigenvalue weighted by Crippen LogP contribution is -2.48. The van der Waals surface area contributed by atoms with E-state index in [0.29, 0.717) is 11.6 Å². The molecule has 0 spiro atoms. The van der Waals surface area contributed by atoms with Crippen LogP contribution in [0, 0.1) is 0 Å². The van der Waals surface area contributed by atoms with Gasteiger partial charge in [-0.2, -0.15) is 0 Å². The van der Waals surface area contributed by atoms with Crippen LogP contribution in [0.1, 0.15) is 54.2 Å². The number of amides is 1. The molecule has 25 heavy (non-hydrogen) atoms. The monoisotopic (exact) mass is 338 g/mol. The van der Waals surface area contributed by atoms with Crippen LogP contribution in [0.2, 0.25) is 0 Å². The van der Waals surface area contributed by atoms with Crippen LogP contribution in [0.25, 0.3) is 0 Å². The van der Waals surface area contributed by atoms with Crippen LogP contribution in [-0.2, 0) is 0 Å². The van der Waals surface area contributed by atoms with Crippen molar-refractivity contribution in [1.29, 1.82) is 0 Å². The molecule has 1 atom stereocenters. The average Bonchev–Trinajstić information content (AvgIpc) is 2.61. The second-order valence-corrected chi connectivity index (χ2v) is 6.78. The first-order chi connectivity index (χ1) is 12.3. The molecule has 0 aromatic carbocycles. The third kappa shape index (κ3) is 3.60. The Kier molecular flexibility index (Phi) is 4.54. The summed E-state index contributed by atoms with van der Waals surface area (Å²) in [5.74, 6) is 1.40. The van der Waals surface area contributed by atoms with Crippen molar-refractivity contribution in [3.05, 3.63) is 42.4 Å². The van der Waals surface area contributed by atoms with Crippen molar-refractivity contribution in [3.63, 3.8) is 0 Å². The van der Waals surface area contributed by atoms with E-state index < -0.39 is 0 Å². The Morgan fingerprint density at radius 3 is 2.80 bits per heavy atom. The van der Waals surface area contributed by atoms with Crippen molar-refractivity contribution in [3.8, 4) is 0 Å². The Morgan fingerprint density at radius 2 is 2.04 bits per heavy atom. The van der Waals surface area contributed by atoms with Gasteiger partial charge < -0.3 is 10.2 Å². The van der Waals surface area contributed by atoms with E-state index in [4.69, 9.17) is 0 Å². The summed E-state index contributed by atoms with van der Waals surface area (Å²) < 4.78 is 0. The minimum atomic E-state index is -0.169. The molecule has 2 fully saturated rings. The fraction of sp³-hybridized carbons (Fsp3) is 0.500. The lowest BCUT2D eigenvalue weighted by Gasteiger charge is -2.34. The van der Waals surface area contributed by atoms with Crippen LogP contribution in [0.15, 0.2) is 31.0 Å². The fourth-order valence-electron chi connectivity index (χ4n) is 3.44. The lowest BCUT2D eigenvalue weighted by molar-refractivity contribution is 0.0927. The van der Waals surface area contributed by atoms with E-state index in [9.17, 15) is 4.79 Å². The molecule has 2 aromatic rings. The van der Waals surface area contributed by atoms with Crippen LogP contribution in [0.5, 0.6) is 0 Å². The van der Waals surface area contributed by atoms with E-state index in [1.54, 1.807) is 12.5 Å². The highest BCUT2D eigenvalue weighted by molar-refractivity contribution is 5.92. The van der Waals surface area contributed by atoms with Crippen molar-refractivity contribution in [1.82, 2.24) is 25.3 Å². The standard InChI is InChI=1S/C18H22N6O/c25-18(16-10-19-6-7-20-16)23-14-5-2-8-24(11-14)17-9-15(21-12-22-17)13-3-1-4-13/h6-7,9-10,12-14H,1-5,8,11H2,(H,23,25). The van der Waals surface area contributed by atoms with Gasteiger partial charge in [0.25, 0.3) is 5.91 Å². The number of rotatable bonds is 4. The Labute approximate surface area is 146 Å². The lowest BCUT2D eigenvalue weighted by atomic mass is 9.83. The molecule has 1 saturated carbocycles. The first kappa shape index (κ1) is 15.9. The highest BCUT2D eigenvalue weighted by Crippen LogP contribution is 2.36. The molecule has 1 aliphatic carbocycles. The number of nitrogens with one attached hydrogen (secondary N) is 1. The highest BCUT2D eigenvalue weighted by atomic mass is 16.2. The Bertz CT molecular complexity index is 733. The van der Waals surface area contributed by atoms with Crippen molar-refractivity contribution < 1.29 is 4.79 Å². The molecule has 0 radical (unpaired) electrons. The second-order valence-electron chi connectivity index (χ2n) is 6.78. The Hall–Kier alpha value is -2.57. The number of nitrogens with zero attached hydrogens (tertiary/aromatic N) is 5. The van der Waals surface area contributed by atoms with Gasteiger partial charge in [0.1, 0.15) is 17.8 Å². The van der Waals surface area contributed by atoms with Crippen molar-refractivity contribution >= 4 is 11.7 Å². The van der Waals surface area contributed by atoms with Gasteiger partial charge in [-0.05, 0) is 25.7 Å². The van der Waals surface area contributed by atoms with Crippen LogP contribution in [-0.4, -0.2) is 45.0 Å². The van der Waals surface area contributed by atoms with Crippen LogP contribution in [0.4, 0.5) is 5.82 Å². The van der Waals surface area contributed by atoms with E-state index in [1.165, 1.54) is 31.7 Å². The van der Waals surface area contributed by atoms with E-state index in [2.05, 4.69) is 36.2 Å². The van der Waals surface area contributed by atoms with Gasteiger partial charge in [0, 0.05) is 49.2 Å². The normalized spacial score (nSPS) is 20.8. The zero-order chi connectivity index (χ0) is 17.1. The van der Waals surface area contributed by atoms with Gasteiger partial charge >= 0.3 is 0 Å². The maximum Gasteiger partial charge on any atom is 0.271 e. The first-order valence-corrected chi connectivity index (χ1v) is 8.93. The number of hydrogen-bond donors (Lipinski definition) is 1. The fourth-order valence-corrected chi connectivity index (χ4v) is 3.44. The van der Waals surface area contributed by atoms with Crippen LogP contribution < -0.4 is 10.2 Å². The molecule has 1 unspecified atom stereocenters. The maximum atomic E-state index is 12.3. The topological polar surface area (TPSA) is 83.9 Å². The number of piperidine rings is 1. The molecule has 3 heterocycles. The minimum Gasteiger partial charge on any atom is -0.354 e. The van der Waals surface area contributed by atoms with E-state index in [-0.39, 0.29) is 11.9 Å². The summed E-state index contributed by atoms with van der Waals surface area (Å²) in [4.78, 5) is 31.4. The molecule has 2 aliphatic rings. The number of carbonyl (C=O) groups is 1. The maximum absolute atomic E-state index is 12.3. The zero-order valence-corrected chi connectivity index (χ0v) is 14.1. The van der Waals surface area contributed by atoms with Crippen molar-refractivity contribution in [2.45, 2.75) is 44.1 Å². The highest BCUT2D eigenvalue weighted by Gasteiger charge is 2.25. The molecule has 1 aliphatic heterocycles. The van der Waals surface area contributed by atoms with Gasteiger partial charge in [0.15, 0.2) is 0 Å². The van der Waals surface area contributed by atoms with E-state index >= 15 is 0 Å². The average molecular weight is 338 g/mol. The molecule has 1 N–H and O–H groups in total. The number of aromatic nitrogens is 4. The quantitative estimate of drug-likeness (QED) is 0.917. The molecule has 7 nitrogen and oxygen atoms in total. The van der Waals surface area contributed by atoms with Gasteiger partial charge in [-0.3, -0.25) is 9.78 Å². The summed E-state index contributed by atoms with van der Waals surface area (Å²) in [5.41, 5.74) is 1.51. The van der Waals surface area contributed by atoms with Crippen LogP contribution >= 0.6 is 0 Å². The minimum absolute atomic E-state index is 0.0883. The van der Waals surface area contributed by atoms with E-state index in [0.717, 1.165) is 37.4 Å². The number of carbonyl (C=O) groups excluding carboxylic acids is 1. The molecular formula is C18H22N6O. The molecule has 1 amide bonds. The number of anilines is 1. The molecule has 7 heteroatoms. The molecule has 0 bridgehead atoms. The summed E-state index contributed by atoms with van der Waals surface area (Å²) in [6.45, 7) is 1.71. The summed E-state index contributed by atoms with van der Waals surface area (Å²) in [6.07, 6.45) is 12.0. The molecule has 130 valence electrons. The van der Waals surface area contributed by atoms with E-state index in [1.807, 2.05) is 0 Å².